The summed E-state index contributed by atoms with van der Waals surface area (Å²) in [5.74, 6) is 0.281. The van der Waals surface area contributed by atoms with Crippen LogP contribution >= 0.6 is 0 Å². The molecular weight excluding hydrogens is 226 g/mol. The number of carbonyl (C=O) groups excluding carboxylic acids is 1. The van der Waals surface area contributed by atoms with E-state index in [2.05, 4.69) is 42.0 Å². The molecule has 0 atom stereocenters. The lowest BCUT2D eigenvalue weighted by atomic mass is 10.1. The normalized spacial score (nSPS) is 10.1. The maximum absolute atomic E-state index is 11.1. The van der Waals surface area contributed by atoms with Crippen LogP contribution in [0.2, 0.25) is 0 Å². The minimum Gasteiger partial charge on any atom is -0.331 e. The van der Waals surface area contributed by atoms with Crippen LogP contribution in [0.4, 0.5) is 5.82 Å². The molecule has 4 heteroatoms. The van der Waals surface area contributed by atoms with Gasteiger partial charge in [0.25, 0.3) is 0 Å². The predicted molar refractivity (Wildman–Crippen MR) is 71.3 cm³/mol. The molecule has 18 heavy (non-hydrogen) atoms. The molecule has 2 rings (SSSR count). The van der Waals surface area contributed by atoms with Crippen LogP contribution in [-0.2, 0) is 11.3 Å². The van der Waals surface area contributed by atoms with E-state index in [4.69, 9.17) is 0 Å². The molecule has 0 aliphatic heterocycles. The van der Waals surface area contributed by atoms with Crippen molar-refractivity contribution in [1.29, 1.82) is 0 Å². The lowest BCUT2D eigenvalue weighted by Gasteiger charge is -2.03. The van der Waals surface area contributed by atoms with Crippen molar-refractivity contribution in [3.63, 3.8) is 0 Å². The monoisotopic (exact) mass is 241 g/mol. The molecule has 0 bridgehead atoms. The Bertz CT molecular complexity index is 572. The summed E-state index contributed by atoms with van der Waals surface area (Å²) in [5, 5.41) is 2.62. The minimum absolute atomic E-state index is 0.254. The maximum Gasteiger partial charge on any atom is 0.248 e. The Morgan fingerprint density at radius 2 is 2.39 bits per heavy atom. The van der Waals surface area contributed by atoms with E-state index in [0.29, 0.717) is 5.82 Å². The van der Waals surface area contributed by atoms with Gasteiger partial charge in [-0.05, 0) is 18.6 Å². The number of nitrogens with one attached hydrogen (secondary N) is 1. The van der Waals surface area contributed by atoms with Crippen LogP contribution in [0, 0.1) is 6.92 Å². The molecule has 2 aromatic rings. The molecule has 1 aromatic heterocycles. The summed E-state index contributed by atoms with van der Waals surface area (Å²) in [6, 6.07) is 8.28. The second kappa shape index (κ2) is 5.31. The smallest absolute Gasteiger partial charge is 0.248 e. The Morgan fingerprint density at radius 3 is 3.11 bits per heavy atom. The molecule has 0 saturated carbocycles. The number of imidazole rings is 1. The average molecular weight is 241 g/mol. The van der Waals surface area contributed by atoms with E-state index in [1.807, 2.05) is 10.6 Å². The van der Waals surface area contributed by atoms with Crippen LogP contribution in [-0.4, -0.2) is 15.5 Å². The van der Waals surface area contributed by atoms with Gasteiger partial charge in [0.2, 0.25) is 5.91 Å². The number of benzene rings is 1. The van der Waals surface area contributed by atoms with Gasteiger partial charge in [0.05, 0.1) is 6.33 Å². The summed E-state index contributed by atoms with van der Waals surface area (Å²) in [4.78, 5) is 15.2. The molecule has 0 saturated heterocycles. The number of anilines is 1. The van der Waals surface area contributed by atoms with E-state index < -0.39 is 0 Å². The van der Waals surface area contributed by atoms with Crippen molar-refractivity contribution in [3.05, 3.63) is 60.6 Å². The zero-order chi connectivity index (χ0) is 13.0. The first kappa shape index (κ1) is 12.1. The van der Waals surface area contributed by atoms with Crippen molar-refractivity contribution >= 4 is 11.7 Å². The predicted octanol–water partition coefficient (Wildman–Crippen LogP) is 2.36. The summed E-state index contributed by atoms with van der Waals surface area (Å²) >= 11 is 0. The fraction of sp³-hybridized carbons (Fsp3) is 0.143. The molecule has 0 radical (unpaired) electrons. The lowest BCUT2D eigenvalue weighted by Crippen LogP contribution is -2.07. The highest BCUT2D eigenvalue weighted by molar-refractivity contribution is 5.98. The zero-order valence-corrected chi connectivity index (χ0v) is 10.3. The molecule has 1 N–H and O–H groups in total. The number of nitrogens with zero attached hydrogens (tertiary/aromatic N) is 2. The molecule has 0 fully saturated rings. The average Bonchev–Trinajstić information content (AvgIpc) is 2.76. The fourth-order valence-electron chi connectivity index (χ4n) is 1.71. The van der Waals surface area contributed by atoms with E-state index >= 15 is 0 Å². The van der Waals surface area contributed by atoms with Crippen molar-refractivity contribution in [2.24, 2.45) is 0 Å². The van der Waals surface area contributed by atoms with Gasteiger partial charge in [-0.25, -0.2) is 4.98 Å². The van der Waals surface area contributed by atoms with Gasteiger partial charge in [-0.3, -0.25) is 4.79 Å². The number of hydrogen-bond acceptors (Lipinski definition) is 2. The topological polar surface area (TPSA) is 46.9 Å². The van der Waals surface area contributed by atoms with Gasteiger partial charge in [-0.2, -0.15) is 0 Å². The van der Waals surface area contributed by atoms with Crippen LogP contribution in [0.25, 0.3) is 0 Å². The third kappa shape index (κ3) is 3.07. The van der Waals surface area contributed by atoms with Crippen molar-refractivity contribution < 1.29 is 4.79 Å². The van der Waals surface area contributed by atoms with Gasteiger partial charge in [0, 0.05) is 12.7 Å². The number of amides is 1. The molecule has 0 aliphatic carbocycles. The quantitative estimate of drug-likeness (QED) is 0.835. The molecule has 0 aliphatic rings. The number of aromatic nitrogens is 2. The summed E-state index contributed by atoms with van der Waals surface area (Å²) in [6.45, 7) is 6.19. The van der Waals surface area contributed by atoms with Gasteiger partial charge in [0.1, 0.15) is 0 Å². The summed E-state index contributed by atoms with van der Waals surface area (Å²) in [7, 11) is 0. The molecule has 1 aromatic carbocycles. The SMILES string of the molecule is C=CC(=O)Nc1cn(Cc2cccc(C)c2)cn1. The van der Waals surface area contributed by atoms with Gasteiger partial charge in [-0.15, -0.1) is 0 Å². The highest BCUT2D eigenvalue weighted by Gasteiger charge is 2.02. The number of hydrogen-bond donors (Lipinski definition) is 1. The largest absolute Gasteiger partial charge is 0.331 e. The fourth-order valence-corrected chi connectivity index (χ4v) is 1.71. The second-order valence-corrected chi connectivity index (χ2v) is 4.11. The molecule has 1 amide bonds. The summed E-state index contributed by atoms with van der Waals surface area (Å²) < 4.78 is 1.92. The Balaban J connectivity index is 2.06. The van der Waals surface area contributed by atoms with Gasteiger partial charge < -0.3 is 9.88 Å². The highest BCUT2D eigenvalue weighted by Crippen LogP contribution is 2.09. The molecule has 4 nitrogen and oxygen atoms in total. The molecule has 92 valence electrons. The standard InChI is InChI=1S/C14H15N3O/c1-3-14(18)16-13-9-17(10-15-13)8-12-6-4-5-11(2)7-12/h3-7,9-10H,1,8H2,2H3,(H,16,18). The Labute approximate surface area is 106 Å². The van der Waals surface area contributed by atoms with Gasteiger partial charge >= 0.3 is 0 Å². The van der Waals surface area contributed by atoms with Crippen molar-refractivity contribution in [2.75, 3.05) is 5.32 Å². The third-order valence-corrected chi connectivity index (χ3v) is 2.52. The molecule has 1 heterocycles. The first-order valence-electron chi connectivity index (χ1n) is 5.68. The lowest BCUT2D eigenvalue weighted by molar-refractivity contribution is -0.111. The Morgan fingerprint density at radius 1 is 1.56 bits per heavy atom. The van der Waals surface area contributed by atoms with E-state index in [0.717, 1.165) is 6.54 Å². The van der Waals surface area contributed by atoms with Crippen molar-refractivity contribution in [3.8, 4) is 0 Å². The zero-order valence-electron chi connectivity index (χ0n) is 10.3. The third-order valence-electron chi connectivity index (χ3n) is 2.52. The van der Waals surface area contributed by atoms with E-state index in [-0.39, 0.29) is 5.91 Å². The van der Waals surface area contributed by atoms with E-state index in [9.17, 15) is 4.79 Å². The van der Waals surface area contributed by atoms with Gasteiger partial charge in [-0.1, -0.05) is 36.4 Å². The van der Waals surface area contributed by atoms with Crippen LogP contribution in [0.3, 0.4) is 0 Å². The van der Waals surface area contributed by atoms with Crippen LogP contribution in [0.1, 0.15) is 11.1 Å². The highest BCUT2D eigenvalue weighted by atomic mass is 16.1. The number of rotatable bonds is 4. The Kier molecular flexibility index (Phi) is 3.57. The number of carbonyl (C=O) groups is 1. The number of aryl methyl sites for hydroxylation is 1. The van der Waals surface area contributed by atoms with Crippen LogP contribution in [0.15, 0.2) is 49.4 Å². The van der Waals surface area contributed by atoms with Crippen LogP contribution < -0.4 is 5.32 Å². The first-order valence-corrected chi connectivity index (χ1v) is 5.68. The van der Waals surface area contributed by atoms with Crippen molar-refractivity contribution in [1.82, 2.24) is 9.55 Å². The van der Waals surface area contributed by atoms with Gasteiger partial charge in [0.15, 0.2) is 5.82 Å². The first-order chi connectivity index (χ1) is 8.67. The molecule has 0 spiro atoms. The summed E-state index contributed by atoms with van der Waals surface area (Å²) in [6.07, 6.45) is 4.71. The van der Waals surface area contributed by atoms with E-state index in [1.165, 1.54) is 17.2 Å². The minimum atomic E-state index is -0.254. The van der Waals surface area contributed by atoms with E-state index in [1.54, 1.807) is 12.5 Å². The second-order valence-electron chi connectivity index (χ2n) is 4.11. The Hall–Kier alpha value is -2.36. The summed E-state index contributed by atoms with van der Waals surface area (Å²) in [5.41, 5.74) is 2.43. The van der Waals surface area contributed by atoms with Crippen LogP contribution in [0.5, 0.6) is 0 Å². The van der Waals surface area contributed by atoms with Crippen molar-refractivity contribution in [2.45, 2.75) is 13.5 Å². The molecule has 0 unspecified atom stereocenters. The molecular formula is C14H15N3O. The maximum atomic E-state index is 11.1.